The van der Waals surface area contributed by atoms with Gasteiger partial charge in [-0.05, 0) is 43.9 Å². The van der Waals surface area contributed by atoms with Crippen molar-refractivity contribution in [3.8, 4) is 5.75 Å². The van der Waals surface area contributed by atoms with Gasteiger partial charge in [0.1, 0.15) is 5.75 Å². The van der Waals surface area contributed by atoms with Crippen molar-refractivity contribution in [1.29, 1.82) is 0 Å². The third-order valence-corrected chi connectivity index (χ3v) is 4.76. The van der Waals surface area contributed by atoms with Gasteiger partial charge in [0.15, 0.2) is 0 Å². The summed E-state index contributed by atoms with van der Waals surface area (Å²) in [6, 6.07) is 6.85. The van der Waals surface area contributed by atoms with Gasteiger partial charge in [0, 0.05) is 16.1 Å². The van der Waals surface area contributed by atoms with Crippen molar-refractivity contribution in [2.75, 3.05) is 13.7 Å². The number of benzene rings is 1. The Kier molecular flexibility index (Phi) is 6.37. The fourth-order valence-corrected chi connectivity index (χ4v) is 3.58. The Morgan fingerprint density at radius 3 is 2.70 bits per heavy atom. The molecule has 1 saturated carbocycles. The van der Waals surface area contributed by atoms with Gasteiger partial charge in [-0.15, -0.1) is 0 Å². The third kappa shape index (κ3) is 3.98. The summed E-state index contributed by atoms with van der Waals surface area (Å²) < 4.78 is 6.69. The molecule has 0 heterocycles. The molecule has 0 aliphatic heterocycles. The van der Waals surface area contributed by atoms with E-state index in [0.717, 1.165) is 22.7 Å². The van der Waals surface area contributed by atoms with Crippen LogP contribution in [0.1, 0.15) is 57.1 Å². The van der Waals surface area contributed by atoms with Gasteiger partial charge >= 0.3 is 0 Å². The van der Waals surface area contributed by atoms with Gasteiger partial charge in [-0.3, -0.25) is 0 Å². The molecule has 0 bridgehead atoms. The summed E-state index contributed by atoms with van der Waals surface area (Å²) >= 11 is 3.53. The number of nitrogens with one attached hydrogen (secondary N) is 1. The minimum atomic E-state index is 0.429. The lowest BCUT2D eigenvalue weighted by Crippen LogP contribution is -2.30. The van der Waals surface area contributed by atoms with Crippen molar-refractivity contribution >= 4 is 15.9 Å². The molecule has 20 heavy (non-hydrogen) atoms. The van der Waals surface area contributed by atoms with Crippen molar-refractivity contribution in [2.24, 2.45) is 5.92 Å². The van der Waals surface area contributed by atoms with Gasteiger partial charge in [0.2, 0.25) is 0 Å². The van der Waals surface area contributed by atoms with Crippen LogP contribution in [-0.2, 0) is 0 Å². The molecule has 1 unspecified atom stereocenters. The van der Waals surface area contributed by atoms with Gasteiger partial charge in [0.05, 0.1) is 7.11 Å². The standard InChI is InChI=1S/C17H26BrNO/c1-3-11-19-17(13-7-5-4-6-8-13)15-10-9-14(18)12-16(15)20-2/h9-10,12-13,17,19H,3-8,11H2,1-2H3. The Hall–Kier alpha value is -0.540. The minimum absolute atomic E-state index is 0.429. The van der Waals surface area contributed by atoms with E-state index in [9.17, 15) is 0 Å². The van der Waals surface area contributed by atoms with Gasteiger partial charge in [-0.2, -0.15) is 0 Å². The highest BCUT2D eigenvalue weighted by atomic mass is 79.9. The molecule has 2 nitrogen and oxygen atoms in total. The molecule has 2 rings (SSSR count). The van der Waals surface area contributed by atoms with Gasteiger partial charge in [-0.1, -0.05) is 48.2 Å². The van der Waals surface area contributed by atoms with E-state index in [-0.39, 0.29) is 0 Å². The summed E-state index contributed by atoms with van der Waals surface area (Å²) in [5.41, 5.74) is 1.32. The second-order valence-electron chi connectivity index (χ2n) is 5.72. The maximum atomic E-state index is 5.61. The lowest BCUT2D eigenvalue weighted by molar-refractivity contribution is 0.266. The Bertz CT molecular complexity index is 415. The Morgan fingerprint density at radius 1 is 1.30 bits per heavy atom. The van der Waals surface area contributed by atoms with Crippen molar-refractivity contribution < 1.29 is 4.74 Å². The zero-order chi connectivity index (χ0) is 14.4. The summed E-state index contributed by atoms with van der Waals surface area (Å²) in [6.45, 7) is 3.30. The Labute approximate surface area is 131 Å². The summed E-state index contributed by atoms with van der Waals surface area (Å²) in [4.78, 5) is 0. The number of hydrogen-bond acceptors (Lipinski definition) is 2. The smallest absolute Gasteiger partial charge is 0.124 e. The summed E-state index contributed by atoms with van der Waals surface area (Å²) in [7, 11) is 1.77. The summed E-state index contributed by atoms with van der Waals surface area (Å²) in [6.07, 6.45) is 7.97. The van der Waals surface area contributed by atoms with Crippen LogP contribution in [0, 0.1) is 5.92 Å². The summed E-state index contributed by atoms with van der Waals surface area (Å²) in [5, 5.41) is 3.75. The largest absolute Gasteiger partial charge is 0.496 e. The predicted octanol–water partition coefficient (Wildman–Crippen LogP) is 5.08. The molecule has 0 spiro atoms. The molecule has 1 aromatic rings. The van der Waals surface area contributed by atoms with Crippen LogP contribution >= 0.6 is 15.9 Å². The number of hydrogen-bond donors (Lipinski definition) is 1. The van der Waals surface area contributed by atoms with Crippen LogP contribution in [0.25, 0.3) is 0 Å². The maximum absolute atomic E-state index is 5.61. The molecule has 1 fully saturated rings. The molecular weight excluding hydrogens is 314 g/mol. The lowest BCUT2D eigenvalue weighted by atomic mass is 9.81. The first-order valence-electron chi connectivity index (χ1n) is 7.83. The van der Waals surface area contributed by atoms with Crippen LogP contribution in [0.2, 0.25) is 0 Å². The summed E-state index contributed by atoms with van der Waals surface area (Å²) in [5.74, 6) is 1.74. The number of methoxy groups -OCH3 is 1. The van der Waals surface area contributed by atoms with Crippen LogP contribution in [-0.4, -0.2) is 13.7 Å². The van der Waals surface area contributed by atoms with Gasteiger partial charge in [-0.25, -0.2) is 0 Å². The highest BCUT2D eigenvalue weighted by molar-refractivity contribution is 9.10. The first-order valence-corrected chi connectivity index (χ1v) is 8.62. The fourth-order valence-electron chi connectivity index (χ4n) is 3.24. The highest BCUT2D eigenvalue weighted by Crippen LogP contribution is 2.38. The molecule has 1 aromatic carbocycles. The van der Waals surface area contributed by atoms with E-state index in [1.807, 2.05) is 0 Å². The number of halogens is 1. The average Bonchev–Trinajstić information content (AvgIpc) is 2.49. The number of rotatable bonds is 6. The molecule has 0 amide bonds. The molecule has 0 aromatic heterocycles. The van der Waals surface area contributed by atoms with E-state index >= 15 is 0 Å². The van der Waals surface area contributed by atoms with Crippen molar-refractivity contribution in [3.63, 3.8) is 0 Å². The van der Waals surface area contributed by atoms with E-state index in [0.29, 0.717) is 6.04 Å². The van der Waals surface area contributed by atoms with Crippen molar-refractivity contribution in [2.45, 2.75) is 51.5 Å². The van der Waals surface area contributed by atoms with E-state index in [4.69, 9.17) is 4.74 Å². The van der Waals surface area contributed by atoms with E-state index in [1.54, 1.807) is 7.11 Å². The van der Waals surface area contributed by atoms with Crippen LogP contribution in [0.5, 0.6) is 5.75 Å². The number of ether oxygens (including phenoxy) is 1. The fraction of sp³-hybridized carbons (Fsp3) is 0.647. The third-order valence-electron chi connectivity index (χ3n) is 4.27. The first-order chi connectivity index (χ1) is 9.76. The normalized spacial score (nSPS) is 17.9. The minimum Gasteiger partial charge on any atom is -0.496 e. The van der Waals surface area contributed by atoms with E-state index < -0.39 is 0 Å². The molecule has 1 N–H and O–H groups in total. The molecule has 0 radical (unpaired) electrons. The van der Waals surface area contributed by atoms with Crippen LogP contribution < -0.4 is 10.1 Å². The SMILES string of the molecule is CCCNC(c1ccc(Br)cc1OC)C1CCCCC1. The van der Waals surface area contributed by atoms with Crippen LogP contribution in [0.4, 0.5) is 0 Å². The predicted molar refractivity (Wildman–Crippen MR) is 88.3 cm³/mol. The van der Waals surface area contributed by atoms with E-state index in [1.165, 1.54) is 44.1 Å². The highest BCUT2D eigenvalue weighted by Gasteiger charge is 2.26. The average molecular weight is 340 g/mol. The first kappa shape index (κ1) is 15.8. The van der Waals surface area contributed by atoms with Crippen LogP contribution in [0.3, 0.4) is 0 Å². The monoisotopic (exact) mass is 339 g/mol. The Morgan fingerprint density at radius 2 is 2.05 bits per heavy atom. The molecule has 1 atom stereocenters. The molecule has 3 heteroatoms. The quantitative estimate of drug-likeness (QED) is 0.780. The van der Waals surface area contributed by atoms with Crippen LogP contribution in [0.15, 0.2) is 22.7 Å². The topological polar surface area (TPSA) is 21.3 Å². The van der Waals surface area contributed by atoms with E-state index in [2.05, 4.69) is 46.4 Å². The second kappa shape index (κ2) is 8.04. The van der Waals surface area contributed by atoms with Crippen molar-refractivity contribution in [1.82, 2.24) is 5.32 Å². The zero-order valence-electron chi connectivity index (χ0n) is 12.6. The second-order valence-corrected chi connectivity index (χ2v) is 6.63. The maximum Gasteiger partial charge on any atom is 0.124 e. The Balaban J connectivity index is 2.24. The van der Waals surface area contributed by atoms with Gasteiger partial charge in [0.25, 0.3) is 0 Å². The molecular formula is C17H26BrNO. The molecule has 0 saturated heterocycles. The van der Waals surface area contributed by atoms with Gasteiger partial charge < -0.3 is 10.1 Å². The van der Waals surface area contributed by atoms with Crippen molar-refractivity contribution in [3.05, 3.63) is 28.2 Å². The molecule has 1 aliphatic carbocycles. The molecule has 1 aliphatic rings. The zero-order valence-corrected chi connectivity index (χ0v) is 14.2. The molecule has 112 valence electrons. The lowest BCUT2D eigenvalue weighted by Gasteiger charge is -2.32.